The Morgan fingerprint density at radius 1 is 1.33 bits per heavy atom. The Balaban J connectivity index is 2.18. The van der Waals surface area contributed by atoms with E-state index in [0.29, 0.717) is 5.82 Å². The maximum absolute atomic E-state index is 11.5. The summed E-state index contributed by atoms with van der Waals surface area (Å²) in [6.45, 7) is 3.94. The summed E-state index contributed by atoms with van der Waals surface area (Å²) >= 11 is 0. The highest BCUT2D eigenvalue weighted by Crippen LogP contribution is 2.22. The molecule has 0 unspecified atom stereocenters. The molecule has 0 saturated carbocycles. The van der Waals surface area contributed by atoms with Crippen LogP contribution >= 0.6 is 0 Å². The minimum Gasteiger partial charge on any atom is -0.485 e. The van der Waals surface area contributed by atoms with E-state index in [1.807, 2.05) is 32.0 Å². The van der Waals surface area contributed by atoms with Gasteiger partial charge in [0.15, 0.2) is 0 Å². The number of aryl methyl sites for hydroxylation is 2. The Morgan fingerprint density at radius 3 is 2.62 bits per heavy atom. The summed E-state index contributed by atoms with van der Waals surface area (Å²) in [7, 11) is 0. The first-order valence-corrected chi connectivity index (χ1v) is 6.45. The van der Waals surface area contributed by atoms with E-state index in [4.69, 9.17) is 9.84 Å². The van der Waals surface area contributed by atoms with Crippen LogP contribution in [0.1, 0.15) is 22.6 Å². The number of benzene rings is 1. The first-order valence-electron chi connectivity index (χ1n) is 6.45. The van der Waals surface area contributed by atoms with E-state index in [1.54, 1.807) is 0 Å². The van der Waals surface area contributed by atoms with Gasteiger partial charge in [-0.05, 0) is 25.0 Å². The molecule has 1 aromatic carbocycles. The SMILES string of the molecule is Cc1cccc(C)c1OCc1nc(CC(=O)O)cc(=O)[nH]1. The molecule has 0 fully saturated rings. The Hall–Kier alpha value is -2.63. The number of carbonyl (C=O) groups is 1. The molecule has 1 heterocycles. The molecule has 2 aromatic rings. The average Bonchev–Trinajstić information content (AvgIpc) is 2.36. The number of aliphatic carboxylic acids is 1. The number of nitrogens with zero attached hydrogens (tertiary/aromatic N) is 1. The van der Waals surface area contributed by atoms with E-state index in [-0.39, 0.29) is 24.3 Å². The quantitative estimate of drug-likeness (QED) is 0.871. The number of hydrogen-bond donors (Lipinski definition) is 2. The van der Waals surface area contributed by atoms with Crippen molar-refractivity contribution in [3.63, 3.8) is 0 Å². The molecule has 6 heteroatoms. The molecule has 0 radical (unpaired) electrons. The molecule has 0 bridgehead atoms. The summed E-state index contributed by atoms with van der Waals surface area (Å²) in [6, 6.07) is 6.97. The summed E-state index contributed by atoms with van der Waals surface area (Å²) in [6.07, 6.45) is -0.291. The van der Waals surface area contributed by atoms with Crippen LogP contribution < -0.4 is 10.3 Å². The van der Waals surface area contributed by atoms with Crippen molar-refractivity contribution in [1.82, 2.24) is 9.97 Å². The normalized spacial score (nSPS) is 10.4. The van der Waals surface area contributed by atoms with Gasteiger partial charge >= 0.3 is 5.97 Å². The van der Waals surface area contributed by atoms with Gasteiger partial charge in [-0.25, -0.2) is 4.98 Å². The van der Waals surface area contributed by atoms with Gasteiger partial charge in [-0.1, -0.05) is 18.2 Å². The average molecular weight is 288 g/mol. The second-order valence-electron chi connectivity index (χ2n) is 4.76. The smallest absolute Gasteiger partial charge is 0.309 e. The van der Waals surface area contributed by atoms with Gasteiger partial charge in [-0.3, -0.25) is 9.59 Å². The molecule has 1 aromatic heterocycles. The third-order valence-electron chi connectivity index (χ3n) is 2.94. The van der Waals surface area contributed by atoms with Crippen LogP contribution in [0.5, 0.6) is 5.75 Å². The van der Waals surface area contributed by atoms with Crippen molar-refractivity contribution in [2.45, 2.75) is 26.9 Å². The zero-order valence-electron chi connectivity index (χ0n) is 11.8. The Morgan fingerprint density at radius 2 is 2.00 bits per heavy atom. The zero-order valence-corrected chi connectivity index (χ0v) is 11.8. The lowest BCUT2D eigenvalue weighted by molar-refractivity contribution is -0.136. The van der Waals surface area contributed by atoms with Gasteiger partial charge in [0.05, 0.1) is 12.1 Å². The fraction of sp³-hybridized carbons (Fsp3) is 0.267. The van der Waals surface area contributed by atoms with E-state index in [0.717, 1.165) is 16.9 Å². The lowest BCUT2D eigenvalue weighted by atomic mass is 10.1. The highest BCUT2D eigenvalue weighted by Gasteiger charge is 2.08. The minimum atomic E-state index is -1.03. The van der Waals surface area contributed by atoms with Crippen LogP contribution in [0.3, 0.4) is 0 Å². The molecule has 2 rings (SSSR count). The summed E-state index contributed by atoms with van der Waals surface area (Å²) in [4.78, 5) is 28.8. The molecule has 0 spiro atoms. The molecule has 0 aliphatic carbocycles. The van der Waals surface area contributed by atoms with Crippen molar-refractivity contribution in [2.75, 3.05) is 0 Å². The van der Waals surface area contributed by atoms with Gasteiger partial charge < -0.3 is 14.8 Å². The topological polar surface area (TPSA) is 92.3 Å². The molecule has 0 saturated heterocycles. The van der Waals surface area contributed by atoms with Gasteiger partial charge in [0.25, 0.3) is 5.56 Å². The molecule has 21 heavy (non-hydrogen) atoms. The van der Waals surface area contributed by atoms with Gasteiger partial charge in [0.1, 0.15) is 18.2 Å². The van der Waals surface area contributed by atoms with Gasteiger partial charge in [-0.15, -0.1) is 0 Å². The maximum Gasteiger partial charge on any atom is 0.309 e. The second kappa shape index (κ2) is 6.21. The van der Waals surface area contributed by atoms with Crippen molar-refractivity contribution in [3.05, 3.63) is 57.3 Å². The van der Waals surface area contributed by atoms with Gasteiger partial charge in [0.2, 0.25) is 0 Å². The number of ether oxygens (including phenoxy) is 1. The fourth-order valence-electron chi connectivity index (χ4n) is 2.04. The first-order chi connectivity index (χ1) is 9.95. The number of carboxylic acid groups (broad SMARTS) is 1. The minimum absolute atomic E-state index is 0.0778. The summed E-state index contributed by atoms with van der Waals surface area (Å²) < 4.78 is 5.69. The standard InChI is InChI=1S/C15H16N2O4/c1-9-4-3-5-10(2)15(9)21-8-12-16-11(7-14(19)20)6-13(18)17-12/h3-6H,7-8H2,1-2H3,(H,19,20)(H,16,17,18). The van der Waals surface area contributed by atoms with Crippen molar-refractivity contribution in [3.8, 4) is 5.75 Å². The van der Waals surface area contributed by atoms with E-state index in [2.05, 4.69) is 9.97 Å². The monoisotopic (exact) mass is 288 g/mol. The predicted molar refractivity (Wildman–Crippen MR) is 76.4 cm³/mol. The van der Waals surface area contributed by atoms with Crippen molar-refractivity contribution in [2.24, 2.45) is 0 Å². The van der Waals surface area contributed by atoms with Gasteiger partial charge in [0, 0.05) is 6.07 Å². The van der Waals surface area contributed by atoms with Crippen LogP contribution in [0.25, 0.3) is 0 Å². The predicted octanol–water partition coefficient (Wildman–Crippen LogP) is 1.59. The number of H-pyrrole nitrogens is 1. The highest BCUT2D eigenvalue weighted by atomic mass is 16.5. The van der Waals surface area contributed by atoms with Gasteiger partial charge in [-0.2, -0.15) is 0 Å². The number of carboxylic acids is 1. The Labute approximate surface area is 121 Å². The van der Waals surface area contributed by atoms with E-state index >= 15 is 0 Å². The molecular formula is C15H16N2O4. The lowest BCUT2D eigenvalue weighted by Crippen LogP contribution is -2.16. The molecule has 2 N–H and O–H groups in total. The summed E-state index contributed by atoms with van der Waals surface area (Å²) in [5, 5.41) is 8.75. The molecular weight excluding hydrogens is 272 g/mol. The largest absolute Gasteiger partial charge is 0.485 e. The summed E-state index contributed by atoms with van der Waals surface area (Å²) in [5.41, 5.74) is 1.80. The van der Waals surface area contributed by atoms with Crippen LogP contribution in [-0.2, 0) is 17.8 Å². The third-order valence-corrected chi connectivity index (χ3v) is 2.94. The molecule has 0 atom stereocenters. The highest BCUT2D eigenvalue weighted by molar-refractivity contribution is 5.69. The fourth-order valence-corrected chi connectivity index (χ4v) is 2.04. The number of para-hydroxylation sites is 1. The van der Waals surface area contributed by atoms with Crippen molar-refractivity contribution in [1.29, 1.82) is 0 Å². The van der Waals surface area contributed by atoms with Crippen LogP contribution in [0, 0.1) is 13.8 Å². The number of hydrogen-bond acceptors (Lipinski definition) is 4. The van der Waals surface area contributed by atoms with Crippen molar-refractivity contribution < 1.29 is 14.6 Å². The van der Waals surface area contributed by atoms with Crippen LogP contribution in [0.4, 0.5) is 0 Å². The first kappa shape index (κ1) is 14.8. The number of rotatable bonds is 5. The Bertz CT molecular complexity index is 702. The number of aromatic amines is 1. The summed E-state index contributed by atoms with van der Waals surface area (Å²) in [5.74, 6) is 0.0138. The molecule has 0 amide bonds. The third kappa shape index (κ3) is 3.92. The molecule has 0 aliphatic heterocycles. The van der Waals surface area contributed by atoms with E-state index < -0.39 is 5.97 Å². The van der Waals surface area contributed by atoms with Crippen LogP contribution in [-0.4, -0.2) is 21.0 Å². The van der Waals surface area contributed by atoms with Crippen LogP contribution in [0.15, 0.2) is 29.1 Å². The number of aromatic nitrogens is 2. The number of nitrogens with one attached hydrogen (secondary N) is 1. The molecule has 6 nitrogen and oxygen atoms in total. The second-order valence-corrected chi connectivity index (χ2v) is 4.76. The molecule has 110 valence electrons. The zero-order chi connectivity index (χ0) is 15.4. The van der Waals surface area contributed by atoms with E-state index in [1.165, 1.54) is 6.07 Å². The molecule has 0 aliphatic rings. The van der Waals surface area contributed by atoms with E-state index in [9.17, 15) is 9.59 Å². The Kier molecular flexibility index (Phi) is 4.37. The van der Waals surface area contributed by atoms with Crippen molar-refractivity contribution >= 4 is 5.97 Å². The maximum atomic E-state index is 11.5. The lowest BCUT2D eigenvalue weighted by Gasteiger charge is -2.11. The van der Waals surface area contributed by atoms with Crippen LogP contribution in [0.2, 0.25) is 0 Å².